The van der Waals surface area contributed by atoms with E-state index in [4.69, 9.17) is 42.6 Å². The second kappa shape index (κ2) is 23.7. The van der Waals surface area contributed by atoms with E-state index in [9.17, 15) is 29.7 Å². The molecule has 0 bridgehead atoms. The molecule has 4 heterocycles. The SMILES string of the molecule is CO[C@@H]1[C@@H](O[C@@H]2O[C@H](C)[C@@H](O[C@H]3C[C@@](C)(O)[C@@H](O)[C@H](C)O3)[C@H](N(C)C)[C@H]2O)[C@@H](CC=O)C[C@@H](C)[C@@H](O[C@H]2CC[C@H](N(C)C)[C@@H](C)O2)/C=C/C=C\C[C@@H](C)OC(=O)C[C@H]1OC(C)=O. The quantitative estimate of drug-likeness (QED) is 0.191. The van der Waals surface area contributed by atoms with Crippen LogP contribution in [-0.4, -0.2) is 182 Å². The first-order valence-corrected chi connectivity index (χ1v) is 22.2. The van der Waals surface area contributed by atoms with Crippen molar-refractivity contribution in [3.8, 4) is 0 Å². The Balaban J connectivity index is 1.73. The minimum atomic E-state index is -1.49. The molecule has 3 N–H and O–H groups in total. The Labute approximate surface area is 368 Å². The van der Waals surface area contributed by atoms with Gasteiger partial charge in [0.1, 0.15) is 42.9 Å². The lowest BCUT2D eigenvalue weighted by atomic mass is 9.82. The molecular formula is C45H76N2O15. The van der Waals surface area contributed by atoms with Crippen LogP contribution >= 0.6 is 0 Å². The van der Waals surface area contributed by atoms with Gasteiger partial charge in [0.05, 0.1) is 48.6 Å². The minimum absolute atomic E-state index is 0.0293. The summed E-state index contributed by atoms with van der Waals surface area (Å²) in [6, 6.07) is -0.509. The van der Waals surface area contributed by atoms with Gasteiger partial charge in [-0.1, -0.05) is 31.2 Å². The van der Waals surface area contributed by atoms with Crippen LogP contribution in [0.4, 0.5) is 0 Å². The second-order valence-electron chi connectivity index (χ2n) is 18.4. The van der Waals surface area contributed by atoms with E-state index in [1.165, 1.54) is 21.0 Å². The number of likely N-dealkylation sites (N-methyl/N-ethyl adjacent to an activating group) is 2. The monoisotopic (exact) mass is 885 g/mol. The molecule has 0 amide bonds. The number of hydrogen-bond acceptors (Lipinski definition) is 17. The van der Waals surface area contributed by atoms with Crippen LogP contribution in [-0.2, 0) is 57.0 Å². The van der Waals surface area contributed by atoms with Crippen molar-refractivity contribution in [1.82, 2.24) is 9.80 Å². The van der Waals surface area contributed by atoms with Crippen LogP contribution in [0.2, 0.25) is 0 Å². The van der Waals surface area contributed by atoms with Crippen molar-refractivity contribution >= 4 is 18.2 Å². The van der Waals surface area contributed by atoms with Gasteiger partial charge in [-0.05, 0) is 93.9 Å². The predicted octanol–water partition coefficient (Wildman–Crippen LogP) is 2.90. The van der Waals surface area contributed by atoms with Crippen LogP contribution in [0.25, 0.3) is 0 Å². The number of carbonyl (C=O) groups is 3. The van der Waals surface area contributed by atoms with E-state index >= 15 is 0 Å². The number of rotatable bonds is 12. The third-order valence-electron chi connectivity index (χ3n) is 12.7. The zero-order valence-electron chi connectivity index (χ0n) is 38.9. The Morgan fingerprint density at radius 3 is 2.19 bits per heavy atom. The average molecular weight is 885 g/mol. The number of ether oxygens (including phenoxy) is 9. The van der Waals surface area contributed by atoms with Crippen molar-refractivity contribution in [2.45, 2.75) is 197 Å². The van der Waals surface area contributed by atoms with Gasteiger partial charge in [0.15, 0.2) is 18.9 Å². The van der Waals surface area contributed by atoms with Crippen molar-refractivity contribution in [2.75, 3.05) is 35.3 Å². The normalized spacial score (nSPS) is 44.0. The maximum atomic E-state index is 13.4. The molecule has 4 aliphatic rings. The fourth-order valence-electron chi connectivity index (χ4n) is 9.40. The molecule has 356 valence electrons. The average Bonchev–Trinajstić information content (AvgIpc) is 3.16. The fraction of sp³-hybridized carbons (Fsp3) is 0.844. The summed E-state index contributed by atoms with van der Waals surface area (Å²) in [5, 5.41) is 33.6. The van der Waals surface area contributed by atoms with Crippen LogP contribution in [0.15, 0.2) is 24.3 Å². The molecule has 3 saturated heterocycles. The lowest BCUT2D eigenvalue weighted by Gasteiger charge is -2.50. The molecule has 3 fully saturated rings. The molecule has 4 aliphatic heterocycles. The summed E-state index contributed by atoms with van der Waals surface area (Å²) < 4.78 is 56.3. The first kappa shape index (κ1) is 52.2. The van der Waals surface area contributed by atoms with Crippen molar-refractivity contribution in [3.05, 3.63) is 24.3 Å². The summed E-state index contributed by atoms with van der Waals surface area (Å²) in [7, 11) is 9.02. The third-order valence-corrected chi connectivity index (χ3v) is 12.7. The number of cyclic esters (lactones) is 1. The predicted molar refractivity (Wildman–Crippen MR) is 226 cm³/mol. The summed E-state index contributed by atoms with van der Waals surface area (Å²) in [6.45, 7) is 12.0. The van der Waals surface area contributed by atoms with E-state index in [1.54, 1.807) is 39.8 Å². The lowest BCUT2D eigenvalue weighted by Crippen LogP contribution is -2.65. The Kier molecular flexibility index (Phi) is 20.0. The number of aliphatic hydroxyl groups excluding tert-OH is 2. The standard InChI is InChI=1S/C45H76N2O15/c1-25-22-31(20-21-48)41(62-44-39(51)38(47(10)11)40(28(4)58-44)61-37-24-45(7,53)43(52)29(5)57-37)42(54-12)34(59-30(6)49)23-35(50)55-26(2)16-14-13-15-17-33(25)60-36-19-18-32(46(8)9)27(3)56-36/h13-15,17,21,25-29,31-34,36-44,51-53H,16,18-20,22-24H2,1-12H3/b14-13-,17-15+/t25-,26-,27-,28-,29+,31+,32+,33+,34-,36+,37+,38-,39-,40-,41+,42+,43+,44+,45-/m1/s1. The summed E-state index contributed by atoms with van der Waals surface area (Å²) in [6.07, 6.45) is -1.81. The topological polar surface area (TPSA) is 201 Å². The molecule has 0 aromatic carbocycles. The largest absolute Gasteiger partial charge is 0.462 e. The Morgan fingerprint density at radius 2 is 1.60 bits per heavy atom. The molecule has 0 radical (unpaired) electrons. The van der Waals surface area contributed by atoms with E-state index in [0.717, 1.165) is 12.7 Å². The maximum absolute atomic E-state index is 13.4. The number of allylic oxidation sites excluding steroid dienone is 2. The second-order valence-corrected chi connectivity index (χ2v) is 18.4. The number of nitrogens with zero attached hydrogens (tertiary/aromatic N) is 2. The number of aliphatic hydroxyl groups is 3. The van der Waals surface area contributed by atoms with Crippen molar-refractivity contribution in [1.29, 1.82) is 0 Å². The molecular weight excluding hydrogens is 808 g/mol. The number of methoxy groups -OCH3 is 1. The molecule has 4 rings (SSSR count). The Morgan fingerprint density at radius 1 is 0.903 bits per heavy atom. The van der Waals surface area contributed by atoms with Gasteiger partial charge in [-0.3, -0.25) is 9.59 Å². The fourth-order valence-corrected chi connectivity index (χ4v) is 9.40. The van der Waals surface area contributed by atoms with Gasteiger partial charge in [-0.25, -0.2) is 0 Å². The molecule has 17 heteroatoms. The molecule has 62 heavy (non-hydrogen) atoms. The zero-order chi connectivity index (χ0) is 46.1. The first-order valence-electron chi connectivity index (χ1n) is 22.2. The van der Waals surface area contributed by atoms with Crippen molar-refractivity contribution < 1.29 is 72.3 Å². The van der Waals surface area contributed by atoms with Crippen LogP contribution in [0.5, 0.6) is 0 Å². The van der Waals surface area contributed by atoms with E-state index < -0.39 is 109 Å². The van der Waals surface area contributed by atoms with E-state index in [-0.39, 0.29) is 37.3 Å². The van der Waals surface area contributed by atoms with Gasteiger partial charge >= 0.3 is 11.9 Å². The highest BCUT2D eigenvalue weighted by atomic mass is 16.7. The molecule has 19 atom stereocenters. The van der Waals surface area contributed by atoms with E-state index in [0.29, 0.717) is 19.3 Å². The molecule has 0 aliphatic carbocycles. The summed E-state index contributed by atoms with van der Waals surface area (Å²) in [4.78, 5) is 42.7. The van der Waals surface area contributed by atoms with Crippen molar-refractivity contribution in [3.63, 3.8) is 0 Å². The molecule has 0 saturated carbocycles. The molecule has 0 spiro atoms. The Bertz CT molecular complexity index is 1480. The highest BCUT2D eigenvalue weighted by molar-refractivity contribution is 5.72. The summed E-state index contributed by atoms with van der Waals surface area (Å²) in [5.74, 6) is -2.21. The number of hydrogen-bond donors (Lipinski definition) is 3. The van der Waals surface area contributed by atoms with Gasteiger partial charge in [-0.2, -0.15) is 0 Å². The number of carbonyl (C=O) groups excluding carboxylic acids is 3. The molecule has 0 aromatic rings. The van der Waals surface area contributed by atoms with Crippen LogP contribution in [0.3, 0.4) is 0 Å². The van der Waals surface area contributed by atoms with E-state index in [2.05, 4.69) is 4.90 Å². The Hall–Kier alpha value is -2.39. The maximum Gasteiger partial charge on any atom is 0.309 e. The first-order chi connectivity index (χ1) is 29.2. The van der Waals surface area contributed by atoms with Crippen LogP contribution < -0.4 is 0 Å². The molecule has 17 nitrogen and oxygen atoms in total. The van der Waals surface area contributed by atoms with E-state index in [1.807, 2.05) is 52.2 Å². The zero-order valence-corrected chi connectivity index (χ0v) is 38.9. The highest BCUT2D eigenvalue weighted by Crippen LogP contribution is 2.38. The van der Waals surface area contributed by atoms with Gasteiger partial charge in [0.25, 0.3) is 0 Å². The third kappa shape index (κ3) is 14.1. The van der Waals surface area contributed by atoms with Gasteiger partial charge in [0.2, 0.25) is 0 Å². The smallest absolute Gasteiger partial charge is 0.309 e. The van der Waals surface area contributed by atoms with Gasteiger partial charge < -0.3 is 72.5 Å². The number of aldehydes is 1. The summed E-state index contributed by atoms with van der Waals surface area (Å²) >= 11 is 0. The molecule has 0 unspecified atom stereocenters. The lowest BCUT2D eigenvalue weighted by molar-refractivity contribution is -0.344. The van der Waals surface area contributed by atoms with Crippen LogP contribution in [0.1, 0.15) is 93.4 Å². The molecule has 0 aromatic heterocycles. The summed E-state index contributed by atoms with van der Waals surface area (Å²) in [5.41, 5.74) is -1.49. The highest BCUT2D eigenvalue weighted by Gasteiger charge is 2.52. The minimum Gasteiger partial charge on any atom is -0.462 e. The van der Waals surface area contributed by atoms with Gasteiger partial charge in [-0.15, -0.1) is 0 Å². The number of esters is 2. The van der Waals surface area contributed by atoms with Crippen molar-refractivity contribution in [2.24, 2.45) is 11.8 Å². The van der Waals surface area contributed by atoms with Crippen LogP contribution in [0, 0.1) is 11.8 Å². The van der Waals surface area contributed by atoms with Gasteiger partial charge in [0, 0.05) is 39.3 Å².